The van der Waals surface area contributed by atoms with E-state index in [2.05, 4.69) is 15.4 Å². The van der Waals surface area contributed by atoms with Crippen molar-refractivity contribution in [2.45, 2.75) is 57.7 Å². The maximum absolute atomic E-state index is 12.6. The van der Waals surface area contributed by atoms with E-state index >= 15 is 0 Å². The quantitative estimate of drug-likeness (QED) is 0.837. The van der Waals surface area contributed by atoms with E-state index in [1.807, 2.05) is 6.07 Å². The summed E-state index contributed by atoms with van der Waals surface area (Å²) in [4.78, 5) is 31.6. The monoisotopic (exact) mass is 348 g/mol. The van der Waals surface area contributed by atoms with Gasteiger partial charge in [-0.1, -0.05) is 5.16 Å². The Bertz CT molecular complexity index is 655. The van der Waals surface area contributed by atoms with E-state index < -0.39 is 17.7 Å². The van der Waals surface area contributed by atoms with Gasteiger partial charge in [0, 0.05) is 37.3 Å². The average Bonchev–Trinajstić information content (AvgIpc) is 3.24. The van der Waals surface area contributed by atoms with Gasteiger partial charge in [-0.25, -0.2) is 4.79 Å². The first-order chi connectivity index (χ1) is 11.8. The van der Waals surface area contributed by atoms with Crippen molar-refractivity contribution in [2.24, 2.45) is 5.16 Å². The molecular weight excluding hydrogens is 324 g/mol. The number of piperidine rings is 1. The summed E-state index contributed by atoms with van der Waals surface area (Å²) in [5.74, 6) is -0.254. The number of aromatic amines is 1. The molecule has 1 fully saturated rings. The van der Waals surface area contributed by atoms with E-state index in [1.165, 1.54) is 0 Å². The Hall–Kier alpha value is -2.38. The van der Waals surface area contributed by atoms with Gasteiger partial charge >= 0.3 is 5.97 Å². The second-order valence-corrected chi connectivity index (χ2v) is 7.45. The summed E-state index contributed by atoms with van der Waals surface area (Å²) in [5.41, 5.74) is 0.677. The van der Waals surface area contributed by atoms with Crippen LogP contribution in [0.1, 0.15) is 51.6 Å². The van der Waals surface area contributed by atoms with E-state index in [9.17, 15) is 9.59 Å². The van der Waals surface area contributed by atoms with Gasteiger partial charge in [-0.3, -0.25) is 9.89 Å². The first-order valence-electron chi connectivity index (χ1n) is 8.57. The van der Waals surface area contributed by atoms with Gasteiger partial charge in [-0.15, -0.1) is 0 Å². The number of ether oxygens (including phenoxy) is 1. The zero-order valence-corrected chi connectivity index (χ0v) is 14.8. The molecule has 25 heavy (non-hydrogen) atoms. The number of aromatic nitrogens is 2. The molecule has 0 unspecified atom stereocenters. The van der Waals surface area contributed by atoms with Crippen LogP contribution in [-0.4, -0.2) is 57.5 Å². The van der Waals surface area contributed by atoms with Crippen LogP contribution in [0.15, 0.2) is 17.4 Å². The summed E-state index contributed by atoms with van der Waals surface area (Å²) < 4.78 is 5.27. The summed E-state index contributed by atoms with van der Waals surface area (Å²) in [5, 5.41) is 10.7. The molecule has 1 aromatic rings. The molecular formula is C17H24N4O4. The van der Waals surface area contributed by atoms with Gasteiger partial charge in [0.15, 0.2) is 5.71 Å². The zero-order chi connectivity index (χ0) is 18.0. The third kappa shape index (κ3) is 4.18. The lowest BCUT2D eigenvalue weighted by molar-refractivity contribution is -0.146. The van der Waals surface area contributed by atoms with E-state index in [4.69, 9.17) is 9.57 Å². The van der Waals surface area contributed by atoms with Crippen molar-refractivity contribution in [3.05, 3.63) is 18.0 Å². The van der Waals surface area contributed by atoms with Gasteiger partial charge in [0.25, 0.3) is 5.91 Å². The van der Waals surface area contributed by atoms with E-state index in [-0.39, 0.29) is 18.0 Å². The van der Waals surface area contributed by atoms with E-state index in [0.29, 0.717) is 19.0 Å². The van der Waals surface area contributed by atoms with Crippen molar-refractivity contribution in [1.82, 2.24) is 15.1 Å². The van der Waals surface area contributed by atoms with Gasteiger partial charge in [0.05, 0.1) is 0 Å². The number of amides is 1. The number of carbonyl (C=O) groups is 2. The number of carbonyl (C=O) groups excluding carboxylic acids is 2. The molecule has 0 aliphatic carbocycles. The summed E-state index contributed by atoms with van der Waals surface area (Å²) >= 11 is 0. The molecule has 3 rings (SSSR count). The molecule has 1 amide bonds. The van der Waals surface area contributed by atoms with Crippen LogP contribution in [0, 0.1) is 0 Å². The molecule has 1 N–H and O–H groups in total. The molecule has 3 heterocycles. The number of hydrogen-bond acceptors (Lipinski definition) is 6. The van der Waals surface area contributed by atoms with Gasteiger partial charge in [0.1, 0.15) is 5.60 Å². The topological polar surface area (TPSA) is 96.9 Å². The number of hydrogen-bond donors (Lipinski definition) is 1. The van der Waals surface area contributed by atoms with Crippen LogP contribution in [0.25, 0.3) is 0 Å². The molecule has 1 atom stereocenters. The third-order valence-electron chi connectivity index (χ3n) is 4.35. The Morgan fingerprint density at radius 1 is 1.32 bits per heavy atom. The molecule has 0 radical (unpaired) electrons. The number of rotatable bonds is 3. The normalized spacial score (nSPS) is 21.6. The highest BCUT2D eigenvalue weighted by Crippen LogP contribution is 2.27. The fraction of sp³-hybridized carbons (Fsp3) is 0.647. The number of H-pyrrole nitrogens is 1. The van der Waals surface area contributed by atoms with Crippen LogP contribution in [0.2, 0.25) is 0 Å². The van der Waals surface area contributed by atoms with Crippen LogP contribution in [0.3, 0.4) is 0 Å². The van der Waals surface area contributed by atoms with Crippen LogP contribution in [0.5, 0.6) is 0 Å². The SMILES string of the molecule is CC(C)(C)OC(=O)C1=NO[C@@H](C(=O)N2CCC(c3ccn[nH]3)CC2)C1. The molecule has 0 saturated carbocycles. The second kappa shape index (κ2) is 6.85. The van der Waals surface area contributed by atoms with Crippen molar-refractivity contribution < 1.29 is 19.2 Å². The molecule has 136 valence electrons. The lowest BCUT2D eigenvalue weighted by Gasteiger charge is -2.32. The minimum atomic E-state index is -0.730. The standard InChI is InChI=1S/C17H24N4O4/c1-17(2,3)24-16(23)13-10-14(25-20-13)15(22)21-8-5-11(6-9-21)12-4-7-18-19-12/h4,7,11,14H,5-6,8-10H2,1-3H3,(H,18,19)/t14-/m1/s1. The van der Waals surface area contributed by atoms with Crippen LogP contribution >= 0.6 is 0 Å². The van der Waals surface area contributed by atoms with Crippen molar-refractivity contribution in [2.75, 3.05) is 13.1 Å². The molecule has 1 aromatic heterocycles. The summed E-state index contributed by atoms with van der Waals surface area (Å²) in [6.45, 7) is 6.67. The Morgan fingerprint density at radius 2 is 2.04 bits per heavy atom. The van der Waals surface area contributed by atoms with Crippen molar-refractivity contribution >= 4 is 17.6 Å². The molecule has 2 aliphatic heterocycles. The summed E-state index contributed by atoms with van der Waals surface area (Å²) in [6, 6.07) is 1.98. The zero-order valence-electron chi connectivity index (χ0n) is 14.8. The van der Waals surface area contributed by atoms with Gasteiger partial charge in [-0.05, 0) is 39.7 Å². The lowest BCUT2D eigenvalue weighted by atomic mass is 9.93. The highest BCUT2D eigenvalue weighted by atomic mass is 16.7. The fourth-order valence-electron chi connectivity index (χ4n) is 3.08. The molecule has 1 saturated heterocycles. The maximum atomic E-state index is 12.6. The third-order valence-corrected chi connectivity index (χ3v) is 4.35. The highest BCUT2D eigenvalue weighted by molar-refractivity contribution is 6.37. The fourth-order valence-corrected chi connectivity index (χ4v) is 3.08. The average molecular weight is 348 g/mol. The largest absolute Gasteiger partial charge is 0.455 e. The molecule has 8 heteroatoms. The molecule has 8 nitrogen and oxygen atoms in total. The van der Waals surface area contributed by atoms with Crippen LogP contribution in [0.4, 0.5) is 0 Å². The number of oxime groups is 1. The highest BCUT2D eigenvalue weighted by Gasteiger charge is 2.37. The Balaban J connectivity index is 1.50. The first-order valence-corrected chi connectivity index (χ1v) is 8.57. The minimum absolute atomic E-state index is 0.120. The molecule has 0 aromatic carbocycles. The van der Waals surface area contributed by atoms with Crippen molar-refractivity contribution in [3.8, 4) is 0 Å². The number of likely N-dealkylation sites (tertiary alicyclic amines) is 1. The molecule has 0 bridgehead atoms. The summed E-state index contributed by atoms with van der Waals surface area (Å²) in [7, 11) is 0. The van der Waals surface area contributed by atoms with Crippen LogP contribution < -0.4 is 0 Å². The van der Waals surface area contributed by atoms with Gasteiger partial charge < -0.3 is 14.5 Å². The lowest BCUT2D eigenvalue weighted by Crippen LogP contribution is -2.44. The Labute approximate surface area is 146 Å². The maximum Gasteiger partial charge on any atom is 0.356 e. The predicted octanol–water partition coefficient (Wildman–Crippen LogP) is 1.60. The number of nitrogens with zero attached hydrogens (tertiary/aromatic N) is 3. The number of esters is 1. The first kappa shape index (κ1) is 17.4. The van der Waals surface area contributed by atoms with E-state index in [0.717, 1.165) is 18.5 Å². The smallest absolute Gasteiger partial charge is 0.356 e. The Kier molecular flexibility index (Phi) is 4.78. The Morgan fingerprint density at radius 3 is 2.64 bits per heavy atom. The number of nitrogens with one attached hydrogen (secondary N) is 1. The van der Waals surface area contributed by atoms with Crippen molar-refractivity contribution in [1.29, 1.82) is 0 Å². The van der Waals surface area contributed by atoms with Crippen LogP contribution in [-0.2, 0) is 19.2 Å². The van der Waals surface area contributed by atoms with Gasteiger partial charge in [-0.2, -0.15) is 5.10 Å². The van der Waals surface area contributed by atoms with Crippen molar-refractivity contribution in [3.63, 3.8) is 0 Å². The second-order valence-electron chi connectivity index (χ2n) is 7.45. The minimum Gasteiger partial charge on any atom is -0.455 e. The predicted molar refractivity (Wildman–Crippen MR) is 89.9 cm³/mol. The molecule has 0 spiro atoms. The molecule has 2 aliphatic rings. The summed E-state index contributed by atoms with van der Waals surface area (Å²) in [6.07, 6.45) is 2.93. The van der Waals surface area contributed by atoms with E-state index in [1.54, 1.807) is 31.9 Å². The van der Waals surface area contributed by atoms with Gasteiger partial charge in [0.2, 0.25) is 6.10 Å².